The predicted octanol–water partition coefficient (Wildman–Crippen LogP) is 12.6. The Balaban J connectivity index is 4.47. The van der Waals surface area contributed by atoms with Crippen molar-refractivity contribution < 1.29 is 37.6 Å². The summed E-state index contributed by atoms with van der Waals surface area (Å²) in [6, 6.07) is 0. The van der Waals surface area contributed by atoms with Gasteiger partial charge in [-0.2, -0.15) is 0 Å². The molecule has 55 heavy (non-hydrogen) atoms. The standard InChI is InChI=1S/C45H82NO8P/c1-6-8-10-12-14-16-18-20-22-24-26-28-30-32-34-36-43(47)51-40-42(41-53-55(49,50)52-39-38-46-45(3,4)5)54-44(48)37-35-33-31-29-27-25-23-21-19-17-15-13-11-9-7-2/h14-17,20-23,42,46H,6-13,18-19,24-41H2,1-5H3,(H,49,50)/b16-14-,17-15-,22-20-,23-21-. The van der Waals surface area contributed by atoms with Crippen LogP contribution in [0.5, 0.6) is 0 Å². The van der Waals surface area contributed by atoms with Gasteiger partial charge >= 0.3 is 19.8 Å². The van der Waals surface area contributed by atoms with Crippen LogP contribution in [0.15, 0.2) is 48.6 Å². The van der Waals surface area contributed by atoms with Crippen LogP contribution in [0.25, 0.3) is 0 Å². The van der Waals surface area contributed by atoms with Crippen LogP contribution < -0.4 is 5.32 Å². The first-order valence-corrected chi connectivity index (χ1v) is 23.3. The van der Waals surface area contributed by atoms with Gasteiger partial charge in [0, 0.05) is 24.9 Å². The third-order valence-electron chi connectivity index (χ3n) is 8.83. The molecule has 0 heterocycles. The van der Waals surface area contributed by atoms with Gasteiger partial charge in [0.25, 0.3) is 0 Å². The molecule has 2 atom stereocenters. The van der Waals surface area contributed by atoms with E-state index in [2.05, 4.69) is 67.8 Å². The first-order valence-electron chi connectivity index (χ1n) is 21.8. The van der Waals surface area contributed by atoms with E-state index in [1.165, 1.54) is 51.4 Å². The molecule has 0 amide bonds. The van der Waals surface area contributed by atoms with Gasteiger partial charge in [-0.05, 0) is 97.8 Å². The monoisotopic (exact) mass is 796 g/mol. The lowest BCUT2D eigenvalue weighted by Gasteiger charge is -2.22. The zero-order chi connectivity index (χ0) is 40.7. The Morgan fingerprint density at radius 1 is 0.600 bits per heavy atom. The van der Waals surface area contributed by atoms with E-state index in [-0.39, 0.29) is 31.6 Å². The lowest BCUT2D eigenvalue weighted by molar-refractivity contribution is -0.161. The average molecular weight is 796 g/mol. The Kier molecular flexibility index (Phi) is 36.2. The van der Waals surface area contributed by atoms with Crippen molar-refractivity contribution >= 4 is 19.8 Å². The minimum Gasteiger partial charge on any atom is -0.462 e. The summed E-state index contributed by atoms with van der Waals surface area (Å²) in [5.74, 6) is -0.843. The Morgan fingerprint density at radius 2 is 1.04 bits per heavy atom. The van der Waals surface area contributed by atoms with Crippen molar-refractivity contribution in [2.45, 2.75) is 200 Å². The van der Waals surface area contributed by atoms with E-state index < -0.39 is 32.5 Å². The lowest BCUT2D eigenvalue weighted by atomic mass is 10.1. The number of nitrogens with one attached hydrogen (secondary N) is 1. The quantitative estimate of drug-likeness (QED) is 0.0272. The van der Waals surface area contributed by atoms with Gasteiger partial charge in [-0.3, -0.25) is 18.6 Å². The van der Waals surface area contributed by atoms with Crippen LogP contribution in [0, 0.1) is 0 Å². The van der Waals surface area contributed by atoms with E-state index in [4.69, 9.17) is 18.5 Å². The Bertz CT molecular complexity index is 1080. The van der Waals surface area contributed by atoms with Crippen LogP contribution in [0.1, 0.15) is 189 Å². The number of unbranched alkanes of at least 4 members (excludes halogenated alkanes) is 16. The van der Waals surface area contributed by atoms with Crippen LogP contribution in [-0.4, -0.2) is 54.8 Å². The first kappa shape index (κ1) is 53.0. The number of phosphoric ester groups is 1. The van der Waals surface area contributed by atoms with E-state index in [1.54, 1.807) is 0 Å². The fraction of sp³-hybridized carbons (Fsp3) is 0.778. The van der Waals surface area contributed by atoms with Crippen LogP contribution >= 0.6 is 7.82 Å². The smallest absolute Gasteiger partial charge is 0.462 e. The third kappa shape index (κ3) is 41.4. The van der Waals surface area contributed by atoms with Crippen LogP contribution in [0.3, 0.4) is 0 Å². The number of esters is 2. The number of carbonyl (C=O) groups is 2. The molecule has 0 fully saturated rings. The largest absolute Gasteiger partial charge is 0.472 e. The van der Waals surface area contributed by atoms with Gasteiger partial charge in [0.15, 0.2) is 6.10 Å². The summed E-state index contributed by atoms with van der Waals surface area (Å²) in [6.45, 7) is 10.0. The minimum absolute atomic E-state index is 0.0368. The number of hydrogen-bond acceptors (Lipinski definition) is 8. The Morgan fingerprint density at radius 3 is 1.51 bits per heavy atom. The fourth-order valence-electron chi connectivity index (χ4n) is 5.58. The van der Waals surface area contributed by atoms with Gasteiger partial charge in [0.1, 0.15) is 6.61 Å². The summed E-state index contributed by atoms with van der Waals surface area (Å²) in [6.07, 6.45) is 41.4. The summed E-state index contributed by atoms with van der Waals surface area (Å²) in [7, 11) is -4.41. The van der Waals surface area contributed by atoms with Gasteiger partial charge < -0.3 is 19.7 Å². The molecule has 9 nitrogen and oxygen atoms in total. The molecule has 0 radical (unpaired) electrons. The molecular formula is C45H82NO8P. The van der Waals surface area contributed by atoms with Crippen molar-refractivity contribution in [2.24, 2.45) is 0 Å². The molecule has 0 rings (SSSR count). The van der Waals surface area contributed by atoms with E-state index in [0.29, 0.717) is 19.4 Å². The molecule has 0 aromatic heterocycles. The second-order valence-electron chi connectivity index (χ2n) is 15.5. The molecule has 2 unspecified atom stereocenters. The van der Waals surface area contributed by atoms with Gasteiger partial charge in [-0.1, -0.05) is 127 Å². The zero-order valence-electron chi connectivity index (χ0n) is 35.7. The number of ether oxygens (including phenoxy) is 2. The van der Waals surface area contributed by atoms with Crippen LogP contribution in [0.2, 0.25) is 0 Å². The molecule has 0 saturated heterocycles. The molecular weight excluding hydrogens is 713 g/mol. The van der Waals surface area contributed by atoms with Gasteiger partial charge in [0.05, 0.1) is 13.2 Å². The molecule has 320 valence electrons. The second kappa shape index (κ2) is 37.5. The van der Waals surface area contributed by atoms with Crippen molar-refractivity contribution in [1.29, 1.82) is 0 Å². The SMILES string of the molecule is CCCCC/C=C\C/C=C\CCCCCCCC(=O)OCC(COP(=O)(O)OCCNC(C)(C)C)OC(=O)CCCCCCC/C=C\C/C=C\CCCCC. The van der Waals surface area contributed by atoms with E-state index in [9.17, 15) is 19.0 Å². The minimum atomic E-state index is -4.41. The summed E-state index contributed by atoms with van der Waals surface area (Å²) in [5, 5.41) is 3.17. The number of phosphoric acid groups is 1. The number of allylic oxidation sites excluding steroid dienone is 8. The molecule has 0 aromatic carbocycles. The van der Waals surface area contributed by atoms with Crippen molar-refractivity contribution in [2.75, 3.05) is 26.4 Å². The number of rotatable bonds is 38. The van der Waals surface area contributed by atoms with E-state index >= 15 is 0 Å². The van der Waals surface area contributed by atoms with Crippen LogP contribution in [0.4, 0.5) is 0 Å². The van der Waals surface area contributed by atoms with Gasteiger partial charge in [-0.25, -0.2) is 4.57 Å². The summed E-state index contributed by atoms with van der Waals surface area (Å²) >= 11 is 0. The lowest BCUT2D eigenvalue weighted by Crippen LogP contribution is -2.37. The van der Waals surface area contributed by atoms with Gasteiger partial charge in [-0.15, -0.1) is 0 Å². The second-order valence-corrected chi connectivity index (χ2v) is 17.0. The maximum Gasteiger partial charge on any atom is 0.472 e. The highest BCUT2D eigenvalue weighted by atomic mass is 31.2. The summed E-state index contributed by atoms with van der Waals surface area (Å²) in [5.41, 5.74) is -0.170. The molecule has 0 saturated carbocycles. The van der Waals surface area contributed by atoms with Crippen molar-refractivity contribution in [3.63, 3.8) is 0 Å². The Labute approximate surface area is 337 Å². The highest BCUT2D eigenvalue weighted by Crippen LogP contribution is 2.43. The normalized spacial score (nSPS) is 14.1. The molecule has 0 bridgehead atoms. The van der Waals surface area contributed by atoms with Crippen molar-refractivity contribution in [3.8, 4) is 0 Å². The molecule has 0 aliphatic heterocycles. The maximum atomic E-state index is 12.7. The van der Waals surface area contributed by atoms with Crippen LogP contribution in [-0.2, 0) is 32.7 Å². The van der Waals surface area contributed by atoms with Gasteiger partial charge in [0.2, 0.25) is 0 Å². The van der Waals surface area contributed by atoms with E-state index in [0.717, 1.165) is 77.0 Å². The first-order chi connectivity index (χ1) is 26.5. The third-order valence-corrected chi connectivity index (χ3v) is 9.81. The summed E-state index contributed by atoms with van der Waals surface area (Å²) in [4.78, 5) is 35.4. The maximum absolute atomic E-state index is 12.7. The average Bonchev–Trinajstić information content (AvgIpc) is 3.14. The highest BCUT2D eigenvalue weighted by molar-refractivity contribution is 7.47. The topological polar surface area (TPSA) is 120 Å². The van der Waals surface area contributed by atoms with Crippen molar-refractivity contribution in [1.82, 2.24) is 5.32 Å². The predicted molar refractivity (Wildman–Crippen MR) is 229 cm³/mol. The van der Waals surface area contributed by atoms with E-state index in [1.807, 2.05) is 20.8 Å². The summed E-state index contributed by atoms with van der Waals surface area (Å²) < 4.78 is 33.7. The number of hydrogen-bond donors (Lipinski definition) is 2. The molecule has 0 aliphatic rings. The molecule has 0 spiro atoms. The highest BCUT2D eigenvalue weighted by Gasteiger charge is 2.26. The number of carbonyl (C=O) groups excluding carboxylic acids is 2. The molecule has 0 aliphatic carbocycles. The molecule has 10 heteroatoms. The Hall–Kier alpha value is -2.03. The molecule has 2 N–H and O–H groups in total. The molecule has 0 aromatic rings. The zero-order valence-corrected chi connectivity index (χ0v) is 36.6. The fourth-order valence-corrected chi connectivity index (χ4v) is 6.33. The van der Waals surface area contributed by atoms with Crippen molar-refractivity contribution in [3.05, 3.63) is 48.6 Å².